The van der Waals surface area contributed by atoms with Crippen LogP contribution in [0, 0.1) is 0 Å². The molecule has 0 spiro atoms. The first-order valence-corrected chi connectivity index (χ1v) is 8.92. The minimum atomic E-state index is 0.744. The second kappa shape index (κ2) is 7.00. The van der Waals surface area contributed by atoms with E-state index in [9.17, 15) is 0 Å². The first kappa shape index (κ1) is 16.3. The fourth-order valence-electron chi connectivity index (χ4n) is 2.85. The number of hydrogen-bond donors (Lipinski definition) is 0. The zero-order valence-corrected chi connectivity index (χ0v) is 14.9. The van der Waals surface area contributed by atoms with Gasteiger partial charge in [-0.3, -0.25) is 0 Å². The molecule has 4 nitrogen and oxygen atoms in total. The molecule has 5 heterocycles. The highest BCUT2D eigenvalue weighted by Gasteiger charge is 1.90. The summed E-state index contributed by atoms with van der Waals surface area (Å²) in [4.78, 5) is 0. The molecule has 5 rings (SSSR count). The van der Waals surface area contributed by atoms with Gasteiger partial charge < -0.3 is 17.7 Å². The highest BCUT2D eigenvalue weighted by atomic mass is 16.3. The van der Waals surface area contributed by atoms with Crippen molar-refractivity contribution in [2.45, 2.75) is 0 Å². The van der Waals surface area contributed by atoms with Crippen molar-refractivity contribution < 1.29 is 17.7 Å². The summed E-state index contributed by atoms with van der Waals surface area (Å²) in [6.07, 6.45) is 15.0. The Morgan fingerprint density at radius 2 is 0.393 bits per heavy atom. The van der Waals surface area contributed by atoms with Gasteiger partial charge >= 0.3 is 0 Å². The molecule has 0 radical (unpaired) electrons. The van der Waals surface area contributed by atoms with Crippen LogP contribution in [0.1, 0.15) is 0 Å². The van der Waals surface area contributed by atoms with Gasteiger partial charge in [-0.1, -0.05) is 0 Å². The number of hydrogen-bond acceptors (Lipinski definition) is 4. The third-order valence-corrected chi connectivity index (χ3v) is 4.24. The van der Waals surface area contributed by atoms with Crippen LogP contribution in [0.2, 0.25) is 0 Å². The molecule has 0 fully saturated rings. The van der Waals surface area contributed by atoms with Crippen LogP contribution < -0.4 is 43.3 Å². The standard InChI is InChI=1S/C24H16O4/c1-2-18-11-12-20-5-6-22(27-20)15-16-24-8-7-23(28-24)14-13-21-4-3-19(26-21)10-9-17(1)25-18/h1-16H/b10-9?,12-11?,14-13?,16-15?,17-9+,18-11+,19-10+,20-12+,21-13?,22-15?,23-14?,24-16?. The smallest absolute Gasteiger partial charge is 0.127 e. The van der Waals surface area contributed by atoms with Crippen LogP contribution in [-0.2, 0) is 0 Å². The fraction of sp³-hybridized carbons (Fsp3) is 0. The fourth-order valence-corrected chi connectivity index (χ4v) is 2.85. The van der Waals surface area contributed by atoms with E-state index < -0.39 is 0 Å². The van der Waals surface area contributed by atoms with Gasteiger partial charge in [0.15, 0.2) is 0 Å². The van der Waals surface area contributed by atoms with Crippen molar-refractivity contribution in [2.75, 3.05) is 0 Å². The van der Waals surface area contributed by atoms with Crippen LogP contribution in [0.5, 0.6) is 0 Å². The van der Waals surface area contributed by atoms with Crippen LogP contribution >= 0.6 is 0 Å². The second-order valence-electron chi connectivity index (χ2n) is 6.29. The van der Waals surface area contributed by atoms with Crippen molar-refractivity contribution in [2.24, 2.45) is 0 Å². The Morgan fingerprint density at radius 3 is 0.536 bits per heavy atom. The molecule has 0 saturated heterocycles. The largest absolute Gasteiger partial charge is 0.457 e. The molecular formula is C24H16O4. The third-order valence-electron chi connectivity index (χ3n) is 4.24. The highest BCUT2D eigenvalue weighted by Crippen LogP contribution is 1.81. The summed E-state index contributed by atoms with van der Waals surface area (Å²) >= 11 is 0. The molecule has 136 valence electrons. The second-order valence-corrected chi connectivity index (χ2v) is 6.29. The Kier molecular flexibility index (Phi) is 4.07. The van der Waals surface area contributed by atoms with Gasteiger partial charge in [-0.2, -0.15) is 0 Å². The molecule has 1 aliphatic heterocycles. The predicted octanol–water partition coefficient (Wildman–Crippen LogP) is -0.583. The van der Waals surface area contributed by atoms with Crippen molar-refractivity contribution in [1.82, 2.24) is 0 Å². The molecule has 0 saturated carbocycles. The molecule has 0 aromatic carbocycles. The van der Waals surface area contributed by atoms with Gasteiger partial charge in [-0.05, 0) is 97.1 Å². The number of fused-ring (bicyclic) bond motifs is 8. The van der Waals surface area contributed by atoms with E-state index in [1.54, 1.807) is 0 Å². The summed E-state index contributed by atoms with van der Waals surface area (Å²) in [5.41, 5.74) is 5.95. The topological polar surface area (TPSA) is 52.6 Å². The molecule has 0 N–H and O–H groups in total. The maximum Gasteiger partial charge on any atom is 0.127 e. The Labute approximate surface area is 158 Å². The molecule has 4 aromatic rings. The lowest BCUT2D eigenvalue weighted by Gasteiger charge is -1.78. The first-order chi connectivity index (χ1) is 13.8. The average Bonchev–Trinajstić information content (AvgIpc) is 3.49. The molecule has 0 amide bonds. The zero-order valence-electron chi connectivity index (χ0n) is 14.9. The summed E-state index contributed by atoms with van der Waals surface area (Å²) in [5.74, 6) is 0. The van der Waals surface area contributed by atoms with E-state index in [-0.39, 0.29) is 0 Å². The average molecular weight is 368 g/mol. The minimum absolute atomic E-state index is 0.744. The third kappa shape index (κ3) is 3.62. The van der Waals surface area contributed by atoms with E-state index in [0.717, 1.165) is 43.3 Å². The quantitative estimate of drug-likeness (QED) is 0.417. The van der Waals surface area contributed by atoms with Crippen molar-refractivity contribution in [3.63, 3.8) is 0 Å². The van der Waals surface area contributed by atoms with E-state index in [1.165, 1.54) is 0 Å². The van der Waals surface area contributed by atoms with Gasteiger partial charge in [0.05, 0.1) is 0 Å². The van der Waals surface area contributed by atoms with Crippen LogP contribution in [0.4, 0.5) is 0 Å². The Hall–Kier alpha value is -3.92. The van der Waals surface area contributed by atoms with E-state index >= 15 is 0 Å². The van der Waals surface area contributed by atoms with Crippen molar-refractivity contribution >= 4 is 48.6 Å². The van der Waals surface area contributed by atoms with Crippen LogP contribution in [-0.4, -0.2) is 0 Å². The van der Waals surface area contributed by atoms with Gasteiger partial charge in [0.2, 0.25) is 0 Å². The lowest BCUT2D eigenvalue weighted by molar-refractivity contribution is 0.496. The van der Waals surface area contributed by atoms with E-state index in [2.05, 4.69) is 0 Å². The zero-order chi connectivity index (χ0) is 18.8. The van der Waals surface area contributed by atoms with Crippen LogP contribution in [0.15, 0.2) is 66.2 Å². The number of rotatable bonds is 0. The molecule has 0 unspecified atom stereocenters. The van der Waals surface area contributed by atoms with Gasteiger partial charge in [0.1, 0.15) is 43.3 Å². The number of furan rings is 4. The van der Waals surface area contributed by atoms with Gasteiger partial charge in [0.25, 0.3) is 0 Å². The van der Waals surface area contributed by atoms with E-state index in [0.29, 0.717) is 0 Å². The summed E-state index contributed by atoms with van der Waals surface area (Å²) in [6.45, 7) is 0. The van der Waals surface area contributed by atoms with Gasteiger partial charge in [0, 0.05) is 0 Å². The lowest BCUT2D eigenvalue weighted by Crippen LogP contribution is -2.03. The summed E-state index contributed by atoms with van der Waals surface area (Å²) in [6, 6.07) is 15.3. The van der Waals surface area contributed by atoms with Gasteiger partial charge in [-0.15, -0.1) is 0 Å². The molecular weight excluding hydrogens is 352 g/mol. The molecule has 1 aliphatic rings. The normalized spacial score (nSPS) is 18.0. The molecule has 4 aromatic heterocycles. The first-order valence-electron chi connectivity index (χ1n) is 8.92. The molecule has 28 heavy (non-hydrogen) atoms. The summed E-state index contributed by atoms with van der Waals surface area (Å²) in [7, 11) is 0. The molecule has 0 aliphatic carbocycles. The van der Waals surface area contributed by atoms with E-state index in [1.807, 2.05) is 97.1 Å². The Balaban J connectivity index is 1.74. The summed E-state index contributed by atoms with van der Waals surface area (Å²) < 4.78 is 23.1. The van der Waals surface area contributed by atoms with Crippen LogP contribution in [0.25, 0.3) is 48.6 Å². The van der Waals surface area contributed by atoms with Crippen molar-refractivity contribution in [3.8, 4) is 0 Å². The summed E-state index contributed by atoms with van der Waals surface area (Å²) in [5, 5.41) is 0. The lowest BCUT2D eigenvalue weighted by atomic mass is 10.4. The Bertz CT molecular complexity index is 1250. The maximum atomic E-state index is 5.78. The maximum absolute atomic E-state index is 5.78. The highest BCUT2D eigenvalue weighted by molar-refractivity contribution is 5.62. The molecule has 8 bridgehead atoms. The molecule has 0 atom stereocenters. The Morgan fingerprint density at radius 1 is 0.250 bits per heavy atom. The predicted molar refractivity (Wildman–Crippen MR) is 108 cm³/mol. The van der Waals surface area contributed by atoms with E-state index in [4.69, 9.17) is 17.7 Å². The monoisotopic (exact) mass is 368 g/mol. The molecule has 4 heteroatoms. The van der Waals surface area contributed by atoms with Crippen molar-refractivity contribution in [3.05, 3.63) is 91.9 Å². The van der Waals surface area contributed by atoms with Gasteiger partial charge in [-0.25, -0.2) is 0 Å². The van der Waals surface area contributed by atoms with Crippen LogP contribution in [0.3, 0.4) is 0 Å². The van der Waals surface area contributed by atoms with Crippen molar-refractivity contribution in [1.29, 1.82) is 0 Å². The SMILES string of the molecule is C1=c2ccc(o2)=CC=c2cc/c(o2)=C\C=c2/cc/c(o2)=C\C=c2/ccc(o2)=C1. The minimum Gasteiger partial charge on any atom is -0.457 e.